The van der Waals surface area contributed by atoms with E-state index in [9.17, 15) is 14.4 Å². The molecule has 3 rings (SSSR count). The lowest BCUT2D eigenvalue weighted by Gasteiger charge is -2.43. The molecule has 1 aliphatic heterocycles. The van der Waals surface area contributed by atoms with Crippen molar-refractivity contribution in [3.05, 3.63) is 23.9 Å². The van der Waals surface area contributed by atoms with Crippen molar-refractivity contribution >= 4 is 23.5 Å². The molecule has 0 radical (unpaired) electrons. The molecule has 0 aromatic carbocycles. The average molecular weight is 372 g/mol. The number of rotatable bonds is 3. The van der Waals surface area contributed by atoms with E-state index >= 15 is 0 Å². The first-order chi connectivity index (χ1) is 13.0. The fourth-order valence-corrected chi connectivity index (χ4v) is 4.41. The summed E-state index contributed by atoms with van der Waals surface area (Å²) in [6.07, 6.45) is 9.36. The Hall–Kier alpha value is -2.44. The first-order valence-corrected chi connectivity index (χ1v) is 9.84. The third kappa shape index (κ3) is 4.46. The van der Waals surface area contributed by atoms with Crippen LogP contribution in [0.2, 0.25) is 0 Å². The van der Waals surface area contributed by atoms with E-state index in [1.807, 2.05) is 0 Å². The summed E-state index contributed by atoms with van der Waals surface area (Å²) in [6, 6.07) is 3.16. The van der Waals surface area contributed by atoms with Crippen LogP contribution in [0.4, 0.5) is 5.82 Å². The third-order valence-electron chi connectivity index (χ3n) is 5.82. The molecular formula is C20H28N4O3. The number of piperidine rings is 1. The lowest BCUT2D eigenvalue weighted by atomic mass is 9.78. The number of nitrogens with one attached hydrogen (secondary N) is 1. The Morgan fingerprint density at radius 3 is 2.59 bits per heavy atom. The van der Waals surface area contributed by atoms with Gasteiger partial charge in [-0.3, -0.25) is 14.4 Å². The van der Waals surface area contributed by atoms with Crippen LogP contribution in [0, 0.1) is 11.8 Å². The molecule has 1 aromatic heterocycles. The number of nitrogens with zero attached hydrogens (tertiary/aromatic N) is 2. The summed E-state index contributed by atoms with van der Waals surface area (Å²) in [7, 11) is 0. The number of nitrogens with two attached hydrogens (primary N) is 1. The zero-order chi connectivity index (χ0) is 19.4. The summed E-state index contributed by atoms with van der Waals surface area (Å²) >= 11 is 0. The molecule has 7 nitrogen and oxygen atoms in total. The molecule has 146 valence electrons. The lowest BCUT2D eigenvalue weighted by Crippen LogP contribution is -2.53. The van der Waals surface area contributed by atoms with Gasteiger partial charge in [-0.2, -0.15) is 0 Å². The SMILES string of the molecule is C[C@@H]1CC[C@H](C2CCCCC2)N(C(=O)C(=O)Nc2ncccc2C(N)=O)C1. The van der Waals surface area contributed by atoms with Crippen LogP contribution in [0.1, 0.15) is 62.2 Å². The molecule has 1 aliphatic carbocycles. The van der Waals surface area contributed by atoms with E-state index in [1.165, 1.54) is 31.5 Å². The number of aromatic nitrogens is 1. The number of hydrogen-bond donors (Lipinski definition) is 2. The van der Waals surface area contributed by atoms with E-state index in [1.54, 1.807) is 11.0 Å². The van der Waals surface area contributed by atoms with Gasteiger partial charge < -0.3 is 16.0 Å². The minimum absolute atomic E-state index is 0.0302. The van der Waals surface area contributed by atoms with Gasteiger partial charge in [-0.05, 0) is 49.7 Å². The highest BCUT2D eigenvalue weighted by Gasteiger charge is 2.38. The average Bonchev–Trinajstić information content (AvgIpc) is 2.68. The number of pyridine rings is 1. The Bertz CT molecular complexity index is 715. The maximum absolute atomic E-state index is 13.0. The van der Waals surface area contributed by atoms with E-state index in [4.69, 9.17) is 5.73 Å². The molecule has 1 saturated heterocycles. The van der Waals surface area contributed by atoms with Gasteiger partial charge in [-0.25, -0.2) is 4.98 Å². The van der Waals surface area contributed by atoms with Crippen LogP contribution in [-0.4, -0.2) is 40.2 Å². The molecule has 1 saturated carbocycles. The van der Waals surface area contributed by atoms with Gasteiger partial charge in [-0.15, -0.1) is 0 Å². The van der Waals surface area contributed by atoms with Gasteiger partial charge in [0.05, 0.1) is 5.56 Å². The maximum atomic E-state index is 13.0. The normalized spacial score (nSPS) is 23.7. The zero-order valence-electron chi connectivity index (χ0n) is 15.8. The van der Waals surface area contributed by atoms with Gasteiger partial charge in [0.1, 0.15) is 5.82 Å². The molecule has 1 aromatic rings. The van der Waals surface area contributed by atoms with Crippen LogP contribution < -0.4 is 11.1 Å². The van der Waals surface area contributed by atoms with Crippen LogP contribution in [-0.2, 0) is 9.59 Å². The Morgan fingerprint density at radius 2 is 1.89 bits per heavy atom. The monoisotopic (exact) mass is 372 g/mol. The van der Waals surface area contributed by atoms with E-state index in [2.05, 4.69) is 17.2 Å². The molecule has 0 spiro atoms. The predicted molar refractivity (Wildman–Crippen MR) is 102 cm³/mol. The molecule has 2 heterocycles. The Morgan fingerprint density at radius 1 is 1.15 bits per heavy atom. The van der Waals surface area contributed by atoms with Gasteiger partial charge in [0.25, 0.3) is 5.91 Å². The number of likely N-dealkylation sites (tertiary alicyclic amines) is 1. The number of hydrogen-bond acceptors (Lipinski definition) is 4. The number of carbonyl (C=O) groups excluding carboxylic acids is 3. The van der Waals surface area contributed by atoms with E-state index in [0.29, 0.717) is 18.4 Å². The molecule has 3 amide bonds. The van der Waals surface area contributed by atoms with E-state index < -0.39 is 17.7 Å². The summed E-state index contributed by atoms with van der Waals surface area (Å²) in [5, 5.41) is 2.49. The molecule has 2 aliphatic rings. The molecule has 27 heavy (non-hydrogen) atoms. The lowest BCUT2D eigenvalue weighted by molar-refractivity contribution is -0.147. The summed E-state index contributed by atoms with van der Waals surface area (Å²) in [4.78, 5) is 42.8. The van der Waals surface area contributed by atoms with Gasteiger partial charge in [0.2, 0.25) is 0 Å². The van der Waals surface area contributed by atoms with E-state index in [-0.39, 0.29) is 17.4 Å². The predicted octanol–water partition coefficient (Wildman–Crippen LogP) is 2.33. The minimum atomic E-state index is -0.758. The largest absolute Gasteiger partial charge is 0.365 e. The Kier molecular flexibility index (Phi) is 6.08. The van der Waals surface area contributed by atoms with Crippen LogP contribution in [0.5, 0.6) is 0 Å². The molecule has 7 heteroatoms. The van der Waals surface area contributed by atoms with Crippen LogP contribution in [0.3, 0.4) is 0 Å². The second kappa shape index (κ2) is 8.50. The number of carbonyl (C=O) groups is 3. The highest BCUT2D eigenvalue weighted by atomic mass is 16.2. The highest BCUT2D eigenvalue weighted by Crippen LogP contribution is 2.35. The molecule has 2 fully saturated rings. The summed E-state index contributed by atoms with van der Waals surface area (Å²) in [6.45, 7) is 2.71. The number of primary amides is 1. The second-order valence-corrected chi connectivity index (χ2v) is 7.82. The smallest absolute Gasteiger partial charge is 0.315 e. The highest BCUT2D eigenvalue weighted by molar-refractivity contribution is 6.39. The Labute approximate surface area is 159 Å². The Balaban J connectivity index is 1.75. The fourth-order valence-electron chi connectivity index (χ4n) is 4.41. The standard InChI is InChI=1S/C20H28N4O3/c1-13-9-10-16(14-6-3-2-4-7-14)24(12-13)20(27)19(26)23-18-15(17(21)25)8-5-11-22-18/h5,8,11,13-14,16H,2-4,6-7,9-10,12H2,1H3,(H2,21,25)(H,22,23,26)/t13-,16-/m1/s1. The molecule has 0 unspecified atom stereocenters. The van der Waals surface area contributed by atoms with Crippen LogP contribution >= 0.6 is 0 Å². The van der Waals surface area contributed by atoms with Gasteiger partial charge in [0.15, 0.2) is 0 Å². The zero-order valence-corrected chi connectivity index (χ0v) is 15.8. The van der Waals surface area contributed by atoms with Crippen LogP contribution in [0.15, 0.2) is 18.3 Å². The first-order valence-electron chi connectivity index (χ1n) is 9.84. The van der Waals surface area contributed by atoms with E-state index in [0.717, 1.165) is 25.7 Å². The third-order valence-corrected chi connectivity index (χ3v) is 5.82. The summed E-state index contributed by atoms with van der Waals surface area (Å²) < 4.78 is 0. The second-order valence-electron chi connectivity index (χ2n) is 7.82. The van der Waals surface area contributed by atoms with Crippen molar-refractivity contribution in [1.82, 2.24) is 9.88 Å². The minimum Gasteiger partial charge on any atom is -0.365 e. The van der Waals surface area contributed by atoms with Crippen molar-refractivity contribution in [2.75, 3.05) is 11.9 Å². The topological polar surface area (TPSA) is 105 Å². The maximum Gasteiger partial charge on any atom is 0.315 e. The van der Waals surface area contributed by atoms with Gasteiger partial charge >= 0.3 is 11.8 Å². The van der Waals surface area contributed by atoms with Crippen molar-refractivity contribution in [2.45, 2.75) is 57.9 Å². The summed E-state index contributed by atoms with van der Waals surface area (Å²) in [5.74, 6) is -1.12. The van der Waals surface area contributed by atoms with Crippen molar-refractivity contribution < 1.29 is 14.4 Å². The van der Waals surface area contributed by atoms with Crippen LogP contribution in [0.25, 0.3) is 0 Å². The van der Waals surface area contributed by atoms with Crippen molar-refractivity contribution in [3.63, 3.8) is 0 Å². The summed E-state index contributed by atoms with van der Waals surface area (Å²) in [5.41, 5.74) is 5.41. The molecule has 3 N–H and O–H groups in total. The van der Waals surface area contributed by atoms with Gasteiger partial charge in [-0.1, -0.05) is 26.2 Å². The van der Waals surface area contributed by atoms with Crippen molar-refractivity contribution in [1.29, 1.82) is 0 Å². The fraction of sp³-hybridized carbons (Fsp3) is 0.600. The number of anilines is 1. The molecule has 2 atom stereocenters. The van der Waals surface area contributed by atoms with Crippen molar-refractivity contribution in [3.8, 4) is 0 Å². The van der Waals surface area contributed by atoms with Crippen molar-refractivity contribution in [2.24, 2.45) is 17.6 Å². The first kappa shape index (κ1) is 19.3. The molecular weight excluding hydrogens is 344 g/mol. The quantitative estimate of drug-likeness (QED) is 0.794. The molecule has 0 bridgehead atoms. The number of amides is 3. The van der Waals surface area contributed by atoms with Gasteiger partial charge in [0, 0.05) is 18.8 Å².